The quantitative estimate of drug-likeness (QED) is 0.372. The van der Waals surface area contributed by atoms with E-state index in [9.17, 15) is 4.79 Å². The fourth-order valence-corrected chi connectivity index (χ4v) is 1.65. The molecule has 1 amide bonds. The monoisotopic (exact) mass is 284 g/mol. The third-order valence-corrected chi connectivity index (χ3v) is 2.95. The van der Waals surface area contributed by atoms with Gasteiger partial charge in [-0.15, -0.1) is 0 Å². The largest absolute Gasteiger partial charge is 0.409 e. The molecule has 19 heavy (non-hydrogen) atoms. The van der Waals surface area contributed by atoms with Crippen molar-refractivity contribution in [2.75, 3.05) is 13.1 Å². The summed E-state index contributed by atoms with van der Waals surface area (Å²) in [7, 11) is 0. The molecule has 1 heterocycles. The maximum atomic E-state index is 12.2. The number of nitrogens with two attached hydrogens (primary N) is 1. The molecular weight excluding hydrogens is 268 g/mol. The molecule has 0 aliphatic heterocycles. The van der Waals surface area contributed by atoms with Crippen LogP contribution in [0, 0.1) is 5.92 Å². The number of halogens is 1. The standard InChI is InChI=1S/C12H17ClN4O2/c1-3-17(7-8(2)11(14)16-19)12(18)10-5-4-9(13)6-15-10/h4-6,8,19H,3,7H2,1-2H3,(H2,14,16). The Bertz CT molecular complexity index is 461. The van der Waals surface area contributed by atoms with E-state index in [1.54, 1.807) is 24.0 Å². The van der Waals surface area contributed by atoms with E-state index in [-0.39, 0.29) is 17.7 Å². The van der Waals surface area contributed by atoms with Crippen LogP contribution in [0.15, 0.2) is 23.5 Å². The second-order valence-electron chi connectivity index (χ2n) is 4.13. The smallest absolute Gasteiger partial charge is 0.272 e. The Morgan fingerprint density at radius 2 is 2.32 bits per heavy atom. The van der Waals surface area contributed by atoms with Crippen molar-refractivity contribution in [2.45, 2.75) is 13.8 Å². The number of amidine groups is 1. The van der Waals surface area contributed by atoms with Gasteiger partial charge in [0.05, 0.1) is 5.02 Å². The Kier molecular flexibility index (Phi) is 5.57. The van der Waals surface area contributed by atoms with Crippen molar-refractivity contribution in [1.29, 1.82) is 0 Å². The molecule has 7 heteroatoms. The van der Waals surface area contributed by atoms with Gasteiger partial charge in [0.15, 0.2) is 0 Å². The van der Waals surface area contributed by atoms with Gasteiger partial charge in [-0.25, -0.2) is 4.98 Å². The number of hydrogen-bond donors (Lipinski definition) is 2. The predicted octanol–water partition coefficient (Wildman–Crippen LogP) is 1.58. The van der Waals surface area contributed by atoms with E-state index in [0.717, 1.165) is 0 Å². The van der Waals surface area contributed by atoms with Crippen LogP contribution in [0.2, 0.25) is 5.02 Å². The Balaban J connectivity index is 2.80. The van der Waals surface area contributed by atoms with Crippen LogP contribution in [0.3, 0.4) is 0 Å². The van der Waals surface area contributed by atoms with E-state index in [2.05, 4.69) is 10.1 Å². The van der Waals surface area contributed by atoms with Gasteiger partial charge in [-0.1, -0.05) is 23.7 Å². The van der Waals surface area contributed by atoms with Crippen molar-refractivity contribution < 1.29 is 10.0 Å². The molecule has 1 rings (SSSR count). The van der Waals surface area contributed by atoms with Crippen molar-refractivity contribution >= 4 is 23.3 Å². The summed E-state index contributed by atoms with van der Waals surface area (Å²) in [6.07, 6.45) is 1.43. The molecule has 0 radical (unpaired) electrons. The van der Waals surface area contributed by atoms with E-state index in [1.165, 1.54) is 6.20 Å². The van der Waals surface area contributed by atoms with Gasteiger partial charge in [-0.05, 0) is 19.1 Å². The van der Waals surface area contributed by atoms with Crippen LogP contribution >= 0.6 is 11.6 Å². The molecular formula is C12H17ClN4O2. The van der Waals surface area contributed by atoms with Crippen molar-refractivity contribution in [2.24, 2.45) is 16.8 Å². The second-order valence-corrected chi connectivity index (χ2v) is 4.57. The molecule has 0 bridgehead atoms. The Labute approximate surface area is 116 Å². The van der Waals surface area contributed by atoms with Crippen molar-refractivity contribution in [3.05, 3.63) is 29.0 Å². The number of amides is 1. The predicted molar refractivity (Wildman–Crippen MR) is 73.4 cm³/mol. The Hall–Kier alpha value is -1.82. The molecule has 0 aliphatic carbocycles. The number of rotatable bonds is 5. The van der Waals surface area contributed by atoms with E-state index in [4.69, 9.17) is 22.5 Å². The zero-order valence-electron chi connectivity index (χ0n) is 10.9. The van der Waals surface area contributed by atoms with Crippen LogP contribution in [-0.2, 0) is 0 Å². The highest BCUT2D eigenvalue weighted by molar-refractivity contribution is 6.30. The first-order valence-corrected chi connectivity index (χ1v) is 6.25. The fourth-order valence-electron chi connectivity index (χ4n) is 1.54. The van der Waals surface area contributed by atoms with Gasteiger partial charge < -0.3 is 15.8 Å². The average Bonchev–Trinajstić information content (AvgIpc) is 2.43. The average molecular weight is 285 g/mol. The molecule has 0 fully saturated rings. The summed E-state index contributed by atoms with van der Waals surface area (Å²) in [5.74, 6) is -0.353. The minimum Gasteiger partial charge on any atom is -0.409 e. The zero-order chi connectivity index (χ0) is 14.4. The van der Waals surface area contributed by atoms with E-state index in [1.807, 2.05) is 6.92 Å². The van der Waals surface area contributed by atoms with Crippen molar-refractivity contribution in [3.63, 3.8) is 0 Å². The summed E-state index contributed by atoms with van der Waals surface area (Å²) in [6, 6.07) is 3.18. The summed E-state index contributed by atoms with van der Waals surface area (Å²) in [6.45, 7) is 4.49. The van der Waals surface area contributed by atoms with Gasteiger partial charge in [0.25, 0.3) is 5.91 Å². The molecule has 3 N–H and O–H groups in total. The first-order chi connectivity index (χ1) is 8.99. The second kappa shape index (κ2) is 6.94. The maximum absolute atomic E-state index is 12.2. The summed E-state index contributed by atoms with van der Waals surface area (Å²) in [5.41, 5.74) is 5.82. The minimum absolute atomic E-state index is 0.0929. The number of carbonyl (C=O) groups is 1. The highest BCUT2D eigenvalue weighted by Gasteiger charge is 2.19. The third kappa shape index (κ3) is 4.10. The number of nitrogens with zero attached hydrogens (tertiary/aromatic N) is 3. The van der Waals surface area contributed by atoms with Crippen molar-refractivity contribution in [1.82, 2.24) is 9.88 Å². The van der Waals surface area contributed by atoms with Gasteiger partial charge in [-0.2, -0.15) is 0 Å². The number of pyridine rings is 1. The van der Waals surface area contributed by atoms with E-state index in [0.29, 0.717) is 23.8 Å². The summed E-state index contributed by atoms with van der Waals surface area (Å²) >= 11 is 5.73. The molecule has 1 atom stereocenters. The SMILES string of the molecule is CCN(CC(C)C(N)=NO)C(=O)c1ccc(Cl)cn1. The molecule has 0 saturated heterocycles. The molecule has 1 unspecified atom stereocenters. The van der Waals surface area contributed by atoms with Gasteiger partial charge >= 0.3 is 0 Å². The highest BCUT2D eigenvalue weighted by atomic mass is 35.5. The molecule has 0 aliphatic rings. The number of hydrogen-bond acceptors (Lipinski definition) is 4. The lowest BCUT2D eigenvalue weighted by Crippen LogP contribution is -2.39. The van der Waals surface area contributed by atoms with Crippen LogP contribution in [0.5, 0.6) is 0 Å². The summed E-state index contributed by atoms with van der Waals surface area (Å²) < 4.78 is 0. The molecule has 0 saturated carbocycles. The molecule has 0 spiro atoms. The van der Waals surface area contributed by atoms with Gasteiger partial charge in [0.1, 0.15) is 11.5 Å². The summed E-state index contributed by atoms with van der Waals surface area (Å²) in [5, 5.41) is 12.0. The number of aromatic nitrogens is 1. The zero-order valence-corrected chi connectivity index (χ0v) is 11.6. The van der Waals surface area contributed by atoms with E-state index >= 15 is 0 Å². The minimum atomic E-state index is -0.235. The fraction of sp³-hybridized carbons (Fsp3) is 0.417. The van der Waals surface area contributed by atoms with Gasteiger partial charge in [-0.3, -0.25) is 4.79 Å². The Morgan fingerprint density at radius 3 is 2.79 bits per heavy atom. The molecule has 1 aromatic rings. The molecule has 104 valence electrons. The van der Waals surface area contributed by atoms with Crippen LogP contribution in [0.4, 0.5) is 0 Å². The lowest BCUT2D eigenvalue weighted by atomic mass is 10.1. The molecule has 1 aromatic heterocycles. The van der Waals surface area contributed by atoms with E-state index < -0.39 is 0 Å². The van der Waals surface area contributed by atoms with Gasteiger partial charge in [0, 0.05) is 25.2 Å². The first-order valence-electron chi connectivity index (χ1n) is 5.87. The lowest BCUT2D eigenvalue weighted by molar-refractivity contribution is 0.0748. The maximum Gasteiger partial charge on any atom is 0.272 e. The van der Waals surface area contributed by atoms with Crippen LogP contribution in [-0.4, -0.2) is 39.9 Å². The molecule has 6 nitrogen and oxygen atoms in total. The normalized spacial score (nSPS) is 13.1. The lowest BCUT2D eigenvalue weighted by Gasteiger charge is -2.23. The topological polar surface area (TPSA) is 91.8 Å². The third-order valence-electron chi connectivity index (χ3n) is 2.73. The summed E-state index contributed by atoms with van der Waals surface area (Å²) in [4.78, 5) is 17.8. The Morgan fingerprint density at radius 1 is 1.63 bits per heavy atom. The first kappa shape index (κ1) is 15.2. The van der Waals surface area contributed by atoms with Crippen molar-refractivity contribution in [3.8, 4) is 0 Å². The number of oxime groups is 1. The van der Waals surface area contributed by atoms with Crippen LogP contribution in [0.1, 0.15) is 24.3 Å². The number of carbonyl (C=O) groups excluding carboxylic acids is 1. The molecule has 0 aromatic carbocycles. The highest BCUT2D eigenvalue weighted by Crippen LogP contribution is 2.10. The van der Waals surface area contributed by atoms with Crippen LogP contribution in [0.25, 0.3) is 0 Å². The van der Waals surface area contributed by atoms with Crippen LogP contribution < -0.4 is 5.73 Å². The van der Waals surface area contributed by atoms with Gasteiger partial charge in [0.2, 0.25) is 0 Å².